The number of para-hydroxylation sites is 1. The van der Waals surface area contributed by atoms with Gasteiger partial charge in [-0.15, -0.1) is 0 Å². The maximum absolute atomic E-state index is 11.2. The number of nitro benzene ring substituents is 1. The zero-order valence-corrected chi connectivity index (χ0v) is 12.0. The van der Waals surface area contributed by atoms with E-state index in [-0.39, 0.29) is 10.6 Å². The maximum Gasteiger partial charge on any atom is 0.315 e. The highest BCUT2D eigenvalue weighted by Crippen LogP contribution is 2.33. The molecule has 2 rings (SSSR count). The second-order valence-corrected chi connectivity index (χ2v) is 5.43. The molecule has 1 fully saturated rings. The third-order valence-electron chi connectivity index (χ3n) is 4.07. The fourth-order valence-electron chi connectivity index (χ4n) is 3.00. The number of nitro groups is 1. The van der Waals surface area contributed by atoms with Crippen LogP contribution in [0, 0.1) is 16.0 Å². The molecule has 110 valence electrons. The number of rotatable bonds is 7. The van der Waals surface area contributed by atoms with Crippen molar-refractivity contribution in [3.63, 3.8) is 0 Å². The second-order valence-electron chi connectivity index (χ2n) is 5.43. The van der Waals surface area contributed by atoms with Crippen molar-refractivity contribution in [2.24, 2.45) is 5.92 Å². The number of nitrogens with one attached hydrogen (secondary N) is 2. The average molecular weight is 277 g/mol. The molecule has 0 aliphatic heterocycles. The van der Waals surface area contributed by atoms with Crippen molar-refractivity contribution in [1.82, 2.24) is 0 Å². The highest BCUT2D eigenvalue weighted by Gasteiger charge is 2.19. The first-order valence-electron chi connectivity index (χ1n) is 7.41. The molecule has 0 spiro atoms. The zero-order valence-electron chi connectivity index (χ0n) is 12.0. The predicted octanol–water partition coefficient (Wildman–Crippen LogP) is 4.02. The molecule has 1 aromatic carbocycles. The standard InChI is InChI=1S/C15H23N3O2/c1-16-13-9-4-10-14(15(13)18(19)20)17-11-5-8-12-6-2-3-7-12/h4,9-10,12,16-17H,2-3,5-8,11H2,1H3. The Kier molecular flexibility index (Phi) is 5.21. The van der Waals surface area contributed by atoms with Gasteiger partial charge in [-0.3, -0.25) is 10.1 Å². The maximum atomic E-state index is 11.2. The fourth-order valence-corrected chi connectivity index (χ4v) is 3.00. The number of nitrogens with zero attached hydrogens (tertiary/aromatic N) is 1. The lowest BCUT2D eigenvalue weighted by molar-refractivity contribution is -0.383. The smallest absolute Gasteiger partial charge is 0.315 e. The number of benzene rings is 1. The van der Waals surface area contributed by atoms with Gasteiger partial charge in [0.05, 0.1) is 4.92 Å². The van der Waals surface area contributed by atoms with Crippen LogP contribution in [-0.2, 0) is 0 Å². The first kappa shape index (κ1) is 14.6. The number of anilines is 2. The number of hydrogen-bond acceptors (Lipinski definition) is 4. The largest absolute Gasteiger partial charge is 0.382 e. The van der Waals surface area contributed by atoms with E-state index in [1.165, 1.54) is 32.1 Å². The van der Waals surface area contributed by atoms with Crippen molar-refractivity contribution in [3.8, 4) is 0 Å². The van der Waals surface area contributed by atoms with Gasteiger partial charge in [-0.1, -0.05) is 31.7 Å². The first-order valence-corrected chi connectivity index (χ1v) is 7.41. The van der Waals surface area contributed by atoms with E-state index >= 15 is 0 Å². The number of hydrogen-bond donors (Lipinski definition) is 2. The Labute approximate surface area is 119 Å². The molecule has 1 aromatic rings. The topological polar surface area (TPSA) is 67.2 Å². The Morgan fingerprint density at radius 3 is 2.65 bits per heavy atom. The highest BCUT2D eigenvalue weighted by atomic mass is 16.6. The molecule has 1 aliphatic carbocycles. The van der Waals surface area contributed by atoms with Crippen LogP contribution in [0.15, 0.2) is 18.2 Å². The Bertz CT molecular complexity index is 456. The summed E-state index contributed by atoms with van der Waals surface area (Å²) in [6.45, 7) is 0.796. The Balaban J connectivity index is 1.89. The molecule has 0 unspecified atom stereocenters. The minimum atomic E-state index is -0.328. The summed E-state index contributed by atoms with van der Waals surface area (Å²) in [5.41, 5.74) is 1.29. The minimum absolute atomic E-state index is 0.135. The van der Waals surface area contributed by atoms with Crippen LogP contribution >= 0.6 is 0 Å². The predicted molar refractivity (Wildman–Crippen MR) is 82.3 cm³/mol. The van der Waals surface area contributed by atoms with Gasteiger partial charge in [-0.05, 0) is 30.9 Å². The van der Waals surface area contributed by atoms with Gasteiger partial charge in [-0.25, -0.2) is 0 Å². The van der Waals surface area contributed by atoms with Crippen molar-refractivity contribution in [1.29, 1.82) is 0 Å². The molecular weight excluding hydrogens is 254 g/mol. The monoisotopic (exact) mass is 277 g/mol. The van der Waals surface area contributed by atoms with E-state index in [2.05, 4.69) is 10.6 Å². The highest BCUT2D eigenvalue weighted by molar-refractivity contribution is 5.75. The molecule has 0 atom stereocenters. The van der Waals surface area contributed by atoms with Crippen LogP contribution in [0.1, 0.15) is 38.5 Å². The fraction of sp³-hybridized carbons (Fsp3) is 0.600. The summed E-state index contributed by atoms with van der Waals surface area (Å²) in [7, 11) is 1.70. The molecule has 5 nitrogen and oxygen atoms in total. The normalized spacial score (nSPS) is 15.2. The van der Waals surface area contributed by atoms with Crippen LogP contribution in [0.5, 0.6) is 0 Å². The quantitative estimate of drug-likeness (QED) is 0.449. The summed E-state index contributed by atoms with van der Waals surface area (Å²) in [6, 6.07) is 5.33. The van der Waals surface area contributed by atoms with Gasteiger partial charge in [-0.2, -0.15) is 0 Å². The molecule has 20 heavy (non-hydrogen) atoms. The average Bonchev–Trinajstić information content (AvgIpc) is 2.96. The zero-order chi connectivity index (χ0) is 14.4. The van der Waals surface area contributed by atoms with E-state index < -0.39 is 0 Å². The summed E-state index contributed by atoms with van der Waals surface area (Å²) >= 11 is 0. The van der Waals surface area contributed by atoms with Crippen LogP contribution in [0.25, 0.3) is 0 Å². The lowest BCUT2D eigenvalue weighted by atomic mass is 10.0. The minimum Gasteiger partial charge on any atom is -0.382 e. The van der Waals surface area contributed by atoms with Crippen molar-refractivity contribution in [2.45, 2.75) is 38.5 Å². The van der Waals surface area contributed by atoms with Crippen LogP contribution < -0.4 is 10.6 Å². The SMILES string of the molecule is CNc1cccc(NCCCC2CCCC2)c1[N+](=O)[O-]. The van der Waals surface area contributed by atoms with Gasteiger partial charge in [0.25, 0.3) is 0 Å². The van der Waals surface area contributed by atoms with Gasteiger partial charge in [0.15, 0.2) is 0 Å². The second kappa shape index (κ2) is 7.12. The van der Waals surface area contributed by atoms with Crippen molar-refractivity contribution in [3.05, 3.63) is 28.3 Å². The van der Waals surface area contributed by atoms with E-state index in [4.69, 9.17) is 0 Å². The van der Waals surface area contributed by atoms with E-state index in [1.54, 1.807) is 19.2 Å². The summed E-state index contributed by atoms with van der Waals surface area (Å²) in [5.74, 6) is 0.871. The Morgan fingerprint density at radius 1 is 1.30 bits per heavy atom. The van der Waals surface area contributed by atoms with Crippen molar-refractivity contribution >= 4 is 17.1 Å². The van der Waals surface area contributed by atoms with Crippen LogP contribution in [0.3, 0.4) is 0 Å². The third kappa shape index (κ3) is 3.62. The third-order valence-corrected chi connectivity index (χ3v) is 4.07. The van der Waals surface area contributed by atoms with Gasteiger partial charge >= 0.3 is 5.69 Å². The molecule has 1 saturated carbocycles. The Morgan fingerprint density at radius 2 is 2.00 bits per heavy atom. The van der Waals surface area contributed by atoms with E-state index in [9.17, 15) is 10.1 Å². The first-order chi connectivity index (χ1) is 9.72. The molecule has 0 radical (unpaired) electrons. The molecule has 0 amide bonds. The molecule has 2 N–H and O–H groups in total. The molecular formula is C15H23N3O2. The van der Waals surface area contributed by atoms with Crippen LogP contribution in [0.2, 0.25) is 0 Å². The molecule has 5 heteroatoms. The van der Waals surface area contributed by atoms with Gasteiger partial charge in [0.1, 0.15) is 11.4 Å². The van der Waals surface area contributed by atoms with Crippen molar-refractivity contribution in [2.75, 3.05) is 24.2 Å². The summed E-state index contributed by atoms with van der Waals surface area (Å²) < 4.78 is 0. The summed E-state index contributed by atoms with van der Waals surface area (Å²) in [5, 5.41) is 17.3. The molecule has 1 aliphatic rings. The van der Waals surface area contributed by atoms with Crippen LogP contribution in [0.4, 0.5) is 17.1 Å². The van der Waals surface area contributed by atoms with E-state index in [0.717, 1.165) is 18.9 Å². The van der Waals surface area contributed by atoms with Gasteiger partial charge < -0.3 is 10.6 Å². The van der Waals surface area contributed by atoms with Crippen LogP contribution in [-0.4, -0.2) is 18.5 Å². The summed E-state index contributed by atoms with van der Waals surface area (Å²) in [6.07, 6.45) is 7.75. The van der Waals surface area contributed by atoms with Crippen molar-refractivity contribution < 1.29 is 4.92 Å². The lowest BCUT2D eigenvalue weighted by Gasteiger charge is -2.11. The van der Waals surface area contributed by atoms with Gasteiger partial charge in [0.2, 0.25) is 0 Å². The molecule has 0 aromatic heterocycles. The Hall–Kier alpha value is -1.78. The van der Waals surface area contributed by atoms with E-state index in [1.807, 2.05) is 6.07 Å². The van der Waals surface area contributed by atoms with E-state index in [0.29, 0.717) is 11.4 Å². The molecule has 0 heterocycles. The molecule has 0 saturated heterocycles. The van der Waals surface area contributed by atoms with Gasteiger partial charge in [0, 0.05) is 13.6 Å². The molecule has 0 bridgehead atoms. The summed E-state index contributed by atoms with van der Waals surface area (Å²) in [4.78, 5) is 10.8. The lowest BCUT2D eigenvalue weighted by Crippen LogP contribution is -2.07.